The number of nitrogens with one attached hydrogen (secondary N) is 1. The van der Waals surface area contributed by atoms with E-state index in [1.54, 1.807) is 0 Å². The summed E-state index contributed by atoms with van der Waals surface area (Å²) in [5.41, 5.74) is 9.11. The maximum atomic E-state index is 10.1. The second kappa shape index (κ2) is 14.2. The van der Waals surface area contributed by atoms with Crippen molar-refractivity contribution in [2.45, 2.75) is 84.2 Å². The maximum absolute atomic E-state index is 10.1. The molecule has 4 heteroatoms. The van der Waals surface area contributed by atoms with Crippen LogP contribution in [-0.4, -0.2) is 11.1 Å². The average Bonchev–Trinajstić information content (AvgIpc) is 3.12. The highest BCUT2D eigenvalue weighted by molar-refractivity contribution is 6.36. The normalized spacial score (nSPS) is 14.2. The van der Waals surface area contributed by atoms with Crippen molar-refractivity contribution >= 4 is 40.1 Å². The van der Waals surface area contributed by atoms with Crippen LogP contribution in [0.3, 0.4) is 0 Å². The molecule has 0 aromatic heterocycles. The van der Waals surface area contributed by atoms with Crippen molar-refractivity contribution in [3.63, 3.8) is 0 Å². The van der Waals surface area contributed by atoms with Gasteiger partial charge in [0.15, 0.2) is 0 Å². The minimum absolute atomic E-state index is 0.0989. The second-order valence-corrected chi connectivity index (χ2v) is 11.5. The summed E-state index contributed by atoms with van der Waals surface area (Å²) in [5.74, 6) is 0.0989. The van der Waals surface area contributed by atoms with Gasteiger partial charge in [-0.15, -0.1) is 0 Å². The Kier molecular flexibility index (Phi) is 10.7. The SMILES string of the molecule is C=C(O)c1ccc2c(c1)CCCC(c1ccc(Cl)cc1Cl)=C2c1cccc(CNC(CC)CCCCCC)c1. The molecule has 3 aromatic carbocycles. The number of hydrogen-bond donors (Lipinski definition) is 2. The molecule has 0 saturated carbocycles. The number of aliphatic hydroxyl groups is 1. The summed E-state index contributed by atoms with van der Waals surface area (Å²) in [6, 6.07) is 21.4. The number of hydrogen-bond acceptors (Lipinski definition) is 2. The molecule has 1 aliphatic rings. The molecular formula is C35H41Cl2NO. The van der Waals surface area contributed by atoms with Gasteiger partial charge in [0.25, 0.3) is 0 Å². The molecule has 0 amide bonds. The third-order valence-electron chi connectivity index (χ3n) is 7.85. The molecule has 39 heavy (non-hydrogen) atoms. The number of benzene rings is 3. The second-order valence-electron chi connectivity index (χ2n) is 10.7. The Morgan fingerprint density at radius 1 is 0.949 bits per heavy atom. The van der Waals surface area contributed by atoms with Gasteiger partial charge in [-0.05, 0) is 95.3 Å². The van der Waals surface area contributed by atoms with Crippen molar-refractivity contribution in [3.8, 4) is 0 Å². The van der Waals surface area contributed by atoms with Crippen molar-refractivity contribution in [1.82, 2.24) is 5.32 Å². The fourth-order valence-electron chi connectivity index (χ4n) is 5.67. The Labute approximate surface area is 244 Å². The predicted octanol–water partition coefficient (Wildman–Crippen LogP) is 10.7. The van der Waals surface area contributed by atoms with Crippen molar-refractivity contribution in [1.29, 1.82) is 0 Å². The fourth-order valence-corrected chi connectivity index (χ4v) is 6.19. The molecule has 2 nitrogen and oxygen atoms in total. The number of allylic oxidation sites excluding steroid dienone is 1. The highest BCUT2D eigenvalue weighted by Crippen LogP contribution is 2.42. The van der Waals surface area contributed by atoms with Crippen LogP contribution in [0.15, 0.2) is 67.2 Å². The molecule has 1 atom stereocenters. The molecule has 0 bridgehead atoms. The molecule has 0 spiro atoms. The molecule has 1 aliphatic carbocycles. The summed E-state index contributed by atoms with van der Waals surface area (Å²) < 4.78 is 0. The van der Waals surface area contributed by atoms with E-state index in [-0.39, 0.29) is 5.76 Å². The van der Waals surface area contributed by atoms with E-state index in [9.17, 15) is 5.11 Å². The van der Waals surface area contributed by atoms with Gasteiger partial charge in [0.2, 0.25) is 0 Å². The van der Waals surface area contributed by atoms with E-state index in [0.717, 1.165) is 43.4 Å². The van der Waals surface area contributed by atoms with Crippen LogP contribution in [0, 0.1) is 0 Å². The zero-order valence-electron chi connectivity index (χ0n) is 23.3. The molecule has 0 fully saturated rings. The van der Waals surface area contributed by atoms with Crippen LogP contribution in [-0.2, 0) is 13.0 Å². The van der Waals surface area contributed by atoms with E-state index in [1.807, 2.05) is 24.3 Å². The minimum atomic E-state index is 0.0989. The van der Waals surface area contributed by atoms with Crippen molar-refractivity contribution < 1.29 is 5.11 Å². The summed E-state index contributed by atoms with van der Waals surface area (Å²) in [6.07, 6.45) is 10.4. The Morgan fingerprint density at radius 2 is 1.77 bits per heavy atom. The van der Waals surface area contributed by atoms with E-state index in [0.29, 0.717) is 16.1 Å². The van der Waals surface area contributed by atoms with Crippen LogP contribution in [0.25, 0.3) is 16.9 Å². The van der Waals surface area contributed by atoms with Gasteiger partial charge in [0.05, 0.1) is 0 Å². The van der Waals surface area contributed by atoms with Crippen molar-refractivity contribution in [3.05, 3.63) is 111 Å². The predicted molar refractivity (Wildman–Crippen MR) is 170 cm³/mol. The third-order valence-corrected chi connectivity index (χ3v) is 8.40. The lowest BCUT2D eigenvalue weighted by atomic mass is 9.86. The monoisotopic (exact) mass is 561 g/mol. The quantitative estimate of drug-likeness (QED) is 0.170. The Balaban J connectivity index is 1.73. The summed E-state index contributed by atoms with van der Waals surface area (Å²) in [5, 5.41) is 15.2. The first-order valence-electron chi connectivity index (χ1n) is 14.4. The van der Waals surface area contributed by atoms with Gasteiger partial charge in [-0.2, -0.15) is 0 Å². The van der Waals surface area contributed by atoms with E-state index in [1.165, 1.54) is 65.5 Å². The number of aryl methyl sites for hydroxylation is 1. The third kappa shape index (κ3) is 7.57. The highest BCUT2D eigenvalue weighted by atomic mass is 35.5. The highest BCUT2D eigenvalue weighted by Gasteiger charge is 2.22. The van der Waals surface area contributed by atoms with Crippen molar-refractivity contribution in [2.75, 3.05) is 0 Å². The van der Waals surface area contributed by atoms with E-state index < -0.39 is 0 Å². The lowest BCUT2D eigenvalue weighted by molar-refractivity contribution is 0.444. The lowest BCUT2D eigenvalue weighted by Gasteiger charge is -2.20. The fraction of sp³-hybridized carbons (Fsp3) is 0.371. The Morgan fingerprint density at radius 3 is 2.51 bits per heavy atom. The summed E-state index contributed by atoms with van der Waals surface area (Å²) in [7, 11) is 0. The van der Waals surface area contributed by atoms with Gasteiger partial charge in [-0.25, -0.2) is 0 Å². The lowest BCUT2D eigenvalue weighted by Crippen LogP contribution is -2.27. The van der Waals surface area contributed by atoms with Crippen LogP contribution in [0.4, 0.5) is 0 Å². The summed E-state index contributed by atoms with van der Waals surface area (Å²) >= 11 is 13.1. The van der Waals surface area contributed by atoms with Gasteiger partial charge in [0.1, 0.15) is 5.76 Å². The first-order chi connectivity index (χ1) is 18.9. The van der Waals surface area contributed by atoms with Crippen LogP contribution < -0.4 is 5.32 Å². The molecule has 0 aliphatic heterocycles. The minimum Gasteiger partial charge on any atom is -0.508 e. The number of fused-ring (bicyclic) bond motifs is 1. The summed E-state index contributed by atoms with van der Waals surface area (Å²) in [6.45, 7) is 9.13. The zero-order chi connectivity index (χ0) is 27.8. The molecule has 206 valence electrons. The van der Waals surface area contributed by atoms with Gasteiger partial charge in [-0.3, -0.25) is 0 Å². The number of unbranched alkanes of at least 4 members (excludes halogenated alkanes) is 3. The topological polar surface area (TPSA) is 32.3 Å². The van der Waals surface area contributed by atoms with Gasteiger partial charge in [-0.1, -0.05) is 106 Å². The van der Waals surface area contributed by atoms with Crippen LogP contribution in [0.2, 0.25) is 10.0 Å². The number of halogens is 2. The molecule has 0 saturated heterocycles. The average molecular weight is 563 g/mol. The Hall–Kier alpha value is -2.52. The number of aliphatic hydroxyl groups excluding tert-OH is 1. The van der Waals surface area contributed by atoms with Crippen LogP contribution >= 0.6 is 23.2 Å². The molecular weight excluding hydrogens is 521 g/mol. The first-order valence-corrected chi connectivity index (χ1v) is 15.2. The smallest absolute Gasteiger partial charge is 0.115 e. The van der Waals surface area contributed by atoms with Crippen molar-refractivity contribution in [2.24, 2.45) is 0 Å². The standard InChI is InChI=1S/C35H41Cl2NO/c1-4-6-7-8-14-30(5-2)38-23-25-11-9-13-28(20-25)35-31-18-16-26(24(3)39)21-27(31)12-10-15-33(35)32-19-17-29(36)22-34(32)37/h9,11,13,16-22,30,38-39H,3-8,10,12,14-15,23H2,1-2H3. The Bertz CT molecular complexity index is 1330. The van der Waals surface area contributed by atoms with E-state index >= 15 is 0 Å². The van der Waals surface area contributed by atoms with Gasteiger partial charge < -0.3 is 10.4 Å². The van der Waals surface area contributed by atoms with E-state index in [2.05, 4.69) is 62.1 Å². The maximum Gasteiger partial charge on any atom is 0.115 e. The first kappa shape index (κ1) is 29.5. The molecule has 4 rings (SSSR count). The van der Waals surface area contributed by atoms with E-state index in [4.69, 9.17) is 23.2 Å². The zero-order valence-corrected chi connectivity index (χ0v) is 24.8. The number of rotatable bonds is 12. The van der Waals surface area contributed by atoms with Gasteiger partial charge >= 0.3 is 0 Å². The van der Waals surface area contributed by atoms with Gasteiger partial charge in [0, 0.05) is 28.2 Å². The largest absolute Gasteiger partial charge is 0.508 e. The molecule has 1 unspecified atom stereocenters. The molecule has 2 N–H and O–H groups in total. The molecule has 3 aromatic rings. The molecule has 0 radical (unpaired) electrons. The van der Waals surface area contributed by atoms with Crippen LogP contribution in [0.5, 0.6) is 0 Å². The molecule has 0 heterocycles. The van der Waals surface area contributed by atoms with Crippen LogP contribution in [0.1, 0.15) is 98.6 Å². The summed E-state index contributed by atoms with van der Waals surface area (Å²) in [4.78, 5) is 0.